The lowest BCUT2D eigenvalue weighted by molar-refractivity contribution is 0.101. The quantitative estimate of drug-likeness (QED) is 0.390. The second kappa shape index (κ2) is 9.24. The summed E-state index contributed by atoms with van der Waals surface area (Å²) < 4.78 is 17.5. The lowest BCUT2D eigenvalue weighted by Crippen LogP contribution is -2.03. The largest absolute Gasteiger partial charge is 0.493 e. The van der Waals surface area contributed by atoms with E-state index in [0.717, 1.165) is 34.4 Å². The summed E-state index contributed by atoms with van der Waals surface area (Å²) in [5.41, 5.74) is 4.66. The van der Waals surface area contributed by atoms with Gasteiger partial charge < -0.3 is 14.2 Å². The summed E-state index contributed by atoms with van der Waals surface area (Å²) in [7, 11) is 3.32. The summed E-state index contributed by atoms with van der Waals surface area (Å²) >= 11 is 0. The topological polar surface area (TPSA) is 57.1 Å². The highest BCUT2D eigenvalue weighted by molar-refractivity contribution is 5.95. The average molecular weight is 391 g/mol. The summed E-state index contributed by atoms with van der Waals surface area (Å²) in [4.78, 5) is 15.7. The van der Waals surface area contributed by atoms with Crippen molar-refractivity contribution in [2.45, 2.75) is 13.3 Å². The van der Waals surface area contributed by atoms with Crippen molar-refractivity contribution < 1.29 is 19.0 Å². The molecule has 0 atom stereocenters. The van der Waals surface area contributed by atoms with Gasteiger partial charge in [-0.1, -0.05) is 24.8 Å². The Kier molecular flexibility index (Phi) is 6.50. The number of carbonyl (C=O) groups is 1. The molecule has 0 saturated carbocycles. The molecule has 3 rings (SSSR count). The SMILES string of the molecule is C=C/C(=C\C=NC)COc1cc2c(cc1OC)-c1ccc(C(C)=O)cc1CCO2. The number of methoxy groups -OCH3 is 1. The predicted molar refractivity (Wildman–Crippen MR) is 116 cm³/mol. The predicted octanol–water partition coefficient (Wildman–Crippen LogP) is 4.69. The number of carbonyl (C=O) groups excluding carboxylic acids is 1. The van der Waals surface area contributed by atoms with E-state index in [4.69, 9.17) is 14.2 Å². The van der Waals surface area contributed by atoms with E-state index in [1.165, 1.54) is 0 Å². The monoisotopic (exact) mass is 391 g/mol. The van der Waals surface area contributed by atoms with Crippen LogP contribution >= 0.6 is 0 Å². The molecule has 0 radical (unpaired) electrons. The third kappa shape index (κ3) is 4.57. The van der Waals surface area contributed by atoms with Gasteiger partial charge in [0.1, 0.15) is 12.4 Å². The van der Waals surface area contributed by atoms with Crippen LogP contribution in [0.1, 0.15) is 22.8 Å². The van der Waals surface area contributed by atoms with E-state index in [-0.39, 0.29) is 5.78 Å². The fourth-order valence-corrected chi connectivity index (χ4v) is 3.20. The third-order valence-corrected chi connectivity index (χ3v) is 4.79. The zero-order chi connectivity index (χ0) is 20.8. The molecule has 1 aliphatic rings. The average Bonchev–Trinajstić information content (AvgIpc) is 2.91. The molecule has 0 N–H and O–H groups in total. The minimum absolute atomic E-state index is 0.0544. The Hall–Kier alpha value is -3.34. The number of aliphatic imine (C=N–C) groups is 1. The number of allylic oxidation sites excluding steroid dienone is 1. The second-order valence-corrected chi connectivity index (χ2v) is 6.67. The first kappa shape index (κ1) is 20.4. The van der Waals surface area contributed by atoms with Crippen LogP contribution in [0.3, 0.4) is 0 Å². The van der Waals surface area contributed by atoms with E-state index in [2.05, 4.69) is 11.6 Å². The van der Waals surface area contributed by atoms with Crippen molar-refractivity contribution >= 4 is 12.0 Å². The van der Waals surface area contributed by atoms with Gasteiger partial charge in [0.2, 0.25) is 0 Å². The molecule has 1 heterocycles. The standard InChI is InChI=1S/C24H25NO4/c1-5-17(8-10-25-3)15-29-24-14-22-21(13-23(24)27-4)20-7-6-18(16(2)26)12-19(20)9-11-28-22/h5-8,10,12-14H,1,9,11,15H2,2-4H3/b17-8+,25-10?. The molecule has 0 saturated heterocycles. The molecule has 0 amide bonds. The van der Waals surface area contributed by atoms with E-state index in [9.17, 15) is 4.79 Å². The number of rotatable bonds is 7. The van der Waals surface area contributed by atoms with Crippen LogP contribution in [0.2, 0.25) is 0 Å². The first-order chi connectivity index (χ1) is 14.1. The van der Waals surface area contributed by atoms with E-state index in [1.807, 2.05) is 36.4 Å². The maximum Gasteiger partial charge on any atom is 0.165 e. The highest BCUT2D eigenvalue weighted by atomic mass is 16.5. The van der Waals surface area contributed by atoms with Crippen molar-refractivity contribution in [3.05, 3.63) is 65.8 Å². The van der Waals surface area contributed by atoms with Crippen molar-refractivity contribution in [2.24, 2.45) is 4.99 Å². The van der Waals surface area contributed by atoms with Gasteiger partial charge >= 0.3 is 0 Å². The van der Waals surface area contributed by atoms with Crippen LogP contribution in [0.25, 0.3) is 11.1 Å². The van der Waals surface area contributed by atoms with Crippen LogP contribution in [0.4, 0.5) is 0 Å². The number of benzene rings is 2. The molecule has 1 aliphatic heterocycles. The lowest BCUT2D eigenvalue weighted by Gasteiger charge is -2.16. The minimum Gasteiger partial charge on any atom is -0.493 e. The number of hydrogen-bond acceptors (Lipinski definition) is 5. The Balaban J connectivity index is 1.98. The van der Waals surface area contributed by atoms with E-state index in [0.29, 0.717) is 30.3 Å². The van der Waals surface area contributed by atoms with Gasteiger partial charge in [-0.2, -0.15) is 0 Å². The van der Waals surface area contributed by atoms with Gasteiger partial charge in [-0.15, -0.1) is 0 Å². The molecular weight excluding hydrogens is 366 g/mol. The van der Waals surface area contributed by atoms with Crippen LogP contribution in [-0.2, 0) is 6.42 Å². The van der Waals surface area contributed by atoms with E-state index < -0.39 is 0 Å². The van der Waals surface area contributed by atoms with Crippen molar-refractivity contribution in [3.63, 3.8) is 0 Å². The fraction of sp³-hybridized carbons (Fsp3) is 0.250. The zero-order valence-electron chi connectivity index (χ0n) is 17.0. The van der Waals surface area contributed by atoms with Crippen molar-refractivity contribution in [1.29, 1.82) is 0 Å². The molecule has 0 aromatic heterocycles. The Bertz CT molecular complexity index is 989. The van der Waals surface area contributed by atoms with Crippen molar-refractivity contribution in [3.8, 4) is 28.4 Å². The summed E-state index contributed by atoms with van der Waals surface area (Å²) in [6, 6.07) is 9.55. The molecule has 0 aliphatic carbocycles. The smallest absolute Gasteiger partial charge is 0.165 e. The van der Waals surface area contributed by atoms with Crippen LogP contribution in [0.15, 0.2) is 59.6 Å². The zero-order valence-corrected chi connectivity index (χ0v) is 17.0. The molecule has 29 heavy (non-hydrogen) atoms. The Morgan fingerprint density at radius 2 is 2.07 bits per heavy atom. The normalized spacial score (nSPS) is 13.1. The number of hydrogen-bond donors (Lipinski definition) is 0. The number of ketones is 1. The van der Waals surface area contributed by atoms with E-state index in [1.54, 1.807) is 33.4 Å². The van der Waals surface area contributed by atoms with Gasteiger partial charge in [0.25, 0.3) is 0 Å². The summed E-state index contributed by atoms with van der Waals surface area (Å²) in [6.07, 6.45) is 6.01. The van der Waals surface area contributed by atoms with Crippen molar-refractivity contribution in [2.75, 3.05) is 27.4 Å². The molecule has 5 heteroatoms. The van der Waals surface area contributed by atoms with E-state index >= 15 is 0 Å². The Labute approximate surface area is 171 Å². The number of fused-ring (bicyclic) bond motifs is 3. The van der Waals surface area contributed by atoms with Crippen molar-refractivity contribution in [1.82, 2.24) is 0 Å². The Morgan fingerprint density at radius 1 is 1.24 bits per heavy atom. The highest BCUT2D eigenvalue weighted by Crippen LogP contribution is 2.43. The lowest BCUT2D eigenvalue weighted by atomic mass is 9.95. The summed E-state index contributed by atoms with van der Waals surface area (Å²) in [5, 5.41) is 0. The van der Waals surface area contributed by atoms with Gasteiger partial charge in [0.05, 0.1) is 13.7 Å². The van der Waals surface area contributed by atoms with Gasteiger partial charge in [0, 0.05) is 36.9 Å². The minimum atomic E-state index is 0.0544. The first-order valence-electron chi connectivity index (χ1n) is 9.43. The molecule has 0 bridgehead atoms. The maximum atomic E-state index is 11.7. The van der Waals surface area contributed by atoms with Crippen LogP contribution in [0.5, 0.6) is 17.2 Å². The molecule has 2 aromatic carbocycles. The number of Topliss-reactive ketones (excluding diaryl/α,β-unsaturated/α-hetero) is 1. The van der Waals surface area contributed by atoms with Gasteiger partial charge in [-0.25, -0.2) is 0 Å². The summed E-state index contributed by atoms with van der Waals surface area (Å²) in [6.45, 7) is 6.25. The number of nitrogens with zero attached hydrogens (tertiary/aromatic N) is 1. The second-order valence-electron chi connectivity index (χ2n) is 6.67. The molecule has 0 fully saturated rings. The van der Waals surface area contributed by atoms with Gasteiger partial charge in [-0.3, -0.25) is 9.79 Å². The number of ether oxygens (including phenoxy) is 3. The first-order valence-corrected chi connectivity index (χ1v) is 9.43. The fourth-order valence-electron chi connectivity index (χ4n) is 3.20. The van der Waals surface area contributed by atoms with Gasteiger partial charge in [0.15, 0.2) is 17.3 Å². The molecule has 0 spiro atoms. The van der Waals surface area contributed by atoms with Crippen LogP contribution in [-0.4, -0.2) is 39.4 Å². The molecule has 5 nitrogen and oxygen atoms in total. The van der Waals surface area contributed by atoms with Gasteiger partial charge in [-0.05, 0) is 41.8 Å². The molecule has 0 unspecified atom stereocenters. The summed E-state index contributed by atoms with van der Waals surface area (Å²) in [5.74, 6) is 1.99. The Morgan fingerprint density at radius 3 is 2.76 bits per heavy atom. The molecular formula is C24H25NO4. The highest BCUT2D eigenvalue weighted by Gasteiger charge is 2.20. The molecule has 2 aromatic rings. The maximum absolute atomic E-state index is 11.7. The third-order valence-electron chi connectivity index (χ3n) is 4.79. The van der Waals surface area contributed by atoms with Crippen LogP contribution in [0, 0.1) is 0 Å². The van der Waals surface area contributed by atoms with Crippen LogP contribution < -0.4 is 14.2 Å². The molecule has 150 valence electrons.